The summed E-state index contributed by atoms with van der Waals surface area (Å²) < 4.78 is 40.7. The Morgan fingerprint density at radius 3 is 2.37 bits per heavy atom. The summed E-state index contributed by atoms with van der Waals surface area (Å²) in [5, 5.41) is 5.08. The highest BCUT2D eigenvalue weighted by molar-refractivity contribution is 9.10. The molecule has 2 aromatic rings. The molecule has 7 heteroatoms. The number of hydrogen-bond acceptors (Lipinski definition) is 3. The van der Waals surface area contributed by atoms with Crippen molar-refractivity contribution >= 4 is 33.0 Å². The number of hydrogen-bond donors (Lipinski definition) is 1. The molecule has 0 unspecified atom stereocenters. The maximum atomic E-state index is 12.0. The molecule has 102 valence electrons. The van der Waals surface area contributed by atoms with Crippen molar-refractivity contribution in [3.05, 3.63) is 45.1 Å². The van der Waals surface area contributed by atoms with Crippen LogP contribution in [-0.4, -0.2) is 6.36 Å². The maximum Gasteiger partial charge on any atom is 0.573 e. The Hall–Kier alpha value is -1.21. The van der Waals surface area contributed by atoms with Gasteiger partial charge in [-0.05, 0) is 51.6 Å². The van der Waals surface area contributed by atoms with Gasteiger partial charge in [0.05, 0.1) is 6.54 Å². The summed E-state index contributed by atoms with van der Waals surface area (Å²) in [4.78, 5) is 1.12. The van der Waals surface area contributed by atoms with Crippen LogP contribution in [0.3, 0.4) is 0 Å². The van der Waals surface area contributed by atoms with Crippen LogP contribution in [0.15, 0.2) is 40.2 Å². The second-order valence-corrected chi connectivity index (χ2v) is 5.47. The van der Waals surface area contributed by atoms with Crippen molar-refractivity contribution in [2.75, 3.05) is 5.32 Å². The summed E-state index contributed by atoms with van der Waals surface area (Å²) in [5.74, 6) is -0.227. The van der Waals surface area contributed by atoms with Gasteiger partial charge in [-0.15, -0.1) is 24.5 Å². The van der Waals surface area contributed by atoms with Gasteiger partial charge in [-0.25, -0.2) is 0 Å². The van der Waals surface area contributed by atoms with Crippen molar-refractivity contribution in [1.82, 2.24) is 0 Å². The second-order valence-electron chi connectivity index (χ2n) is 3.62. The third-order valence-electron chi connectivity index (χ3n) is 2.23. The van der Waals surface area contributed by atoms with E-state index in [2.05, 4.69) is 26.0 Å². The first-order valence-electron chi connectivity index (χ1n) is 5.25. The lowest BCUT2D eigenvalue weighted by atomic mass is 10.3. The van der Waals surface area contributed by atoms with Gasteiger partial charge in [0.25, 0.3) is 0 Å². The molecule has 0 aliphatic heterocycles. The fraction of sp³-hybridized carbons (Fsp3) is 0.167. The lowest BCUT2D eigenvalue weighted by Gasteiger charge is -2.10. The summed E-state index contributed by atoms with van der Waals surface area (Å²) in [6.45, 7) is 0.609. The Kier molecular flexibility index (Phi) is 4.36. The minimum absolute atomic E-state index is 0.227. The highest BCUT2D eigenvalue weighted by Crippen LogP contribution is 2.26. The maximum absolute atomic E-state index is 12.0. The Morgan fingerprint density at radius 2 is 1.84 bits per heavy atom. The predicted octanol–water partition coefficient (Wildman–Crippen LogP) is 5.02. The third-order valence-corrected chi connectivity index (χ3v) is 4.16. The minimum Gasteiger partial charge on any atom is -0.406 e. The number of nitrogens with one attached hydrogen (secondary N) is 1. The van der Waals surface area contributed by atoms with Crippen LogP contribution in [0.4, 0.5) is 18.9 Å². The van der Waals surface area contributed by atoms with Gasteiger partial charge in [-0.3, -0.25) is 0 Å². The third kappa shape index (κ3) is 4.43. The quantitative estimate of drug-likeness (QED) is 0.834. The fourth-order valence-corrected chi connectivity index (χ4v) is 2.84. The molecule has 0 amide bonds. The molecule has 1 heterocycles. The molecule has 0 radical (unpaired) electrons. The Morgan fingerprint density at radius 1 is 1.16 bits per heavy atom. The highest BCUT2D eigenvalue weighted by atomic mass is 79.9. The lowest BCUT2D eigenvalue weighted by molar-refractivity contribution is -0.274. The predicted molar refractivity (Wildman–Crippen MR) is 72.5 cm³/mol. The number of ether oxygens (including phenoxy) is 1. The fourth-order valence-electron chi connectivity index (χ4n) is 1.41. The van der Waals surface area contributed by atoms with Gasteiger partial charge in [0.1, 0.15) is 5.75 Å². The highest BCUT2D eigenvalue weighted by Gasteiger charge is 2.30. The van der Waals surface area contributed by atoms with Crippen LogP contribution in [-0.2, 0) is 6.54 Å². The Bertz CT molecular complexity index is 539. The molecule has 0 saturated carbocycles. The molecule has 1 N–H and O–H groups in total. The van der Waals surface area contributed by atoms with E-state index < -0.39 is 6.36 Å². The average molecular weight is 352 g/mol. The second kappa shape index (κ2) is 5.83. The van der Waals surface area contributed by atoms with Crippen LogP contribution >= 0.6 is 27.3 Å². The SMILES string of the molecule is FC(F)(F)Oc1ccc(NCc2sccc2Br)cc1. The van der Waals surface area contributed by atoms with Gasteiger partial charge in [0.15, 0.2) is 0 Å². The first kappa shape index (κ1) is 14.2. The molecule has 2 nitrogen and oxygen atoms in total. The van der Waals surface area contributed by atoms with Crippen LogP contribution in [0.1, 0.15) is 4.88 Å². The lowest BCUT2D eigenvalue weighted by Crippen LogP contribution is -2.17. The molecule has 0 bridgehead atoms. The molecular formula is C12H9BrF3NOS. The van der Waals surface area contributed by atoms with E-state index in [9.17, 15) is 13.2 Å². The van der Waals surface area contributed by atoms with Crippen molar-refractivity contribution in [3.8, 4) is 5.75 Å². The minimum atomic E-state index is -4.66. The summed E-state index contributed by atoms with van der Waals surface area (Å²) in [7, 11) is 0. The van der Waals surface area contributed by atoms with Gasteiger partial charge in [0, 0.05) is 15.0 Å². The van der Waals surface area contributed by atoms with E-state index in [0.717, 1.165) is 15.0 Å². The van der Waals surface area contributed by atoms with Crippen LogP contribution in [0.5, 0.6) is 5.75 Å². The first-order chi connectivity index (χ1) is 8.94. The van der Waals surface area contributed by atoms with Gasteiger partial charge in [-0.1, -0.05) is 0 Å². The first-order valence-corrected chi connectivity index (χ1v) is 6.93. The molecule has 0 saturated heterocycles. The Labute approximate surface area is 120 Å². The Balaban J connectivity index is 1.94. The molecule has 0 atom stereocenters. The molecular weight excluding hydrogens is 343 g/mol. The summed E-state index contributed by atoms with van der Waals surface area (Å²) >= 11 is 5.01. The topological polar surface area (TPSA) is 21.3 Å². The average Bonchev–Trinajstić information content (AvgIpc) is 2.72. The summed E-state index contributed by atoms with van der Waals surface area (Å²) in [5.41, 5.74) is 0.731. The van der Waals surface area contributed by atoms with E-state index in [0.29, 0.717) is 6.54 Å². The zero-order valence-corrected chi connectivity index (χ0v) is 11.9. The zero-order valence-electron chi connectivity index (χ0n) is 9.50. The summed E-state index contributed by atoms with van der Waals surface area (Å²) in [6, 6.07) is 7.59. The van der Waals surface area contributed by atoms with Crippen molar-refractivity contribution in [2.45, 2.75) is 12.9 Å². The number of rotatable bonds is 4. The largest absolute Gasteiger partial charge is 0.573 e. The van der Waals surface area contributed by atoms with Crippen LogP contribution in [0.25, 0.3) is 0 Å². The number of anilines is 1. The molecule has 0 aliphatic carbocycles. The standard InChI is InChI=1S/C12H9BrF3NOS/c13-10-5-6-19-11(10)7-17-8-1-3-9(4-2-8)18-12(14,15)16/h1-6,17H,7H2. The van der Waals surface area contributed by atoms with Gasteiger partial charge >= 0.3 is 6.36 Å². The molecule has 1 aromatic heterocycles. The molecule has 0 aliphatic rings. The molecule has 19 heavy (non-hydrogen) atoms. The zero-order chi connectivity index (χ0) is 13.9. The number of benzene rings is 1. The van der Waals surface area contributed by atoms with Gasteiger partial charge < -0.3 is 10.1 Å². The van der Waals surface area contributed by atoms with Gasteiger partial charge in [0.2, 0.25) is 0 Å². The molecule has 0 spiro atoms. The van der Waals surface area contributed by atoms with E-state index in [4.69, 9.17) is 0 Å². The van der Waals surface area contributed by atoms with E-state index in [1.54, 1.807) is 23.5 Å². The number of thiophene rings is 1. The number of halogens is 4. The summed E-state index contributed by atoms with van der Waals surface area (Å²) in [6.07, 6.45) is -4.66. The van der Waals surface area contributed by atoms with Crippen molar-refractivity contribution in [3.63, 3.8) is 0 Å². The van der Waals surface area contributed by atoms with E-state index in [1.165, 1.54) is 12.1 Å². The van der Waals surface area contributed by atoms with Crippen LogP contribution in [0, 0.1) is 0 Å². The van der Waals surface area contributed by atoms with Crippen LogP contribution < -0.4 is 10.1 Å². The molecule has 1 aromatic carbocycles. The van der Waals surface area contributed by atoms with Gasteiger partial charge in [-0.2, -0.15) is 0 Å². The van der Waals surface area contributed by atoms with Crippen molar-refractivity contribution in [1.29, 1.82) is 0 Å². The van der Waals surface area contributed by atoms with E-state index in [1.807, 2.05) is 11.4 Å². The number of alkyl halides is 3. The van der Waals surface area contributed by atoms with Crippen molar-refractivity contribution in [2.24, 2.45) is 0 Å². The molecule has 0 fully saturated rings. The molecule has 2 rings (SSSR count). The normalized spacial score (nSPS) is 11.4. The van der Waals surface area contributed by atoms with Crippen molar-refractivity contribution < 1.29 is 17.9 Å². The monoisotopic (exact) mass is 351 g/mol. The van der Waals surface area contributed by atoms with Crippen LogP contribution in [0.2, 0.25) is 0 Å². The smallest absolute Gasteiger partial charge is 0.406 e. The van der Waals surface area contributed by atoms with E-state index in [-0.39, 0.29) is 5.75 Å². The van der Waals surface area contributed by atoms with E-state index >= 15 is 0 Å².